The predicted octanol–water partition coefficient (Wildman–Crippen LogP) is 6.52. The lowest BCUT2D eigenvalue weighted by molar-refractivity contribution is -0.120. The minimum absolute atomic E-state index is 0.314. The van der Waals surface area contributed by atoms with Crippen molar-refractivity contribution >= 4 is 5.78 Å². The van der Waals surface area contributed by atoms with Gasteiger partial charge in [0.2, 0.25) is 0 Å². The van der Waals surface area contributed by atoms with Crippen LogP contribution in [0.4, 0.5) is 0 Å². The Hall–Kier alpha value is -2.29. The monoisotopic (exact) mass is 406 g/mol. The average molecular weight is 407 g/mol. The topological polar surface area (TPSA) is 35.5 Å². The number of methoxy groups -OCH3 is 2. The maximum Gasteiger partial charge on any atom is 0.134 e. The molecule has 0 bridgehead atoms. The Balaban J connectivity index is 1.50. The van der Waals surface area contributed by atoms with E-state index in [1.54, 1.807) is 14.2 Å². The molecule has 2 aromatic rings. The average Bonchev–Trinajstić information content (AvgIpc) is 2.70. The van der Waals surface area contributed by atoms with E-state index in [2.05, 4.69) is 36.4 Å². The number of hydrogen-bond acceptors (Lipinski definition) is 3. The molecule has 3 heteroatoms. The number of benzene rings is 2. The summed E-state index contributed by atoms with van der Waals surface area (Å²) in [7, 11) is 3.42. The quantitative estimate of drug-likeness (QED) is 0.450. The van der Waals surface area contributed by atoms with Gasteiger partial charge in [-0.15, -0.1) is 0 Å². The number of Topliss-reactive ketones (excluding diaryl/α,β-unsaturated/α-hetero) is 1. The van der Waals surface area contributed by atoms with E-state index in [0.717, 1.165) is 11.5 Å². The molecule has 30 heavy (non-hydrogen) atoms. The summed E-state index contributed by atoms with van der Waals surface area (Å²) in [6.45, 7) is 0. The Bertz CT molecular complexity index is 781. The Morgan fingerprint density at radius 2 is 1.23 bits per heavy atom. The first kappa shape index (κ1) is 21.0. The number of hydrogen-bond donors (Lipinski definition) is 0. The third-order valence-corrected chi connectivity index (χ3v) is 7.38. The van der Waals surface area contributed by atoms with E-state index in [1.165, 1.54) is 49.7 Å². The highest BCUT2D eigenvalue weighted by atomic mass is 16.5. The van der Waals surface area contributed by atoms with Crippen LogP contribution in [0.15, 0.2) is 48.5 Å². The Morgan fingerprint density at radius 3 is 1.57 bits per heavy atom. The highest BCUT2D eigenvalue weighted by molar-refractivity contribution is 5.80. The maximum absolute atomic E-state index is 13.3. The SMILES string of the molecule is COc1cccc([C@@H](CC(=O)C[C@@H](c2cccc(OC)c2)C2CCC2)C2CCC2)c1. The molecule has 2 atom stereocenters. The molecule has 0 heterocycles. The Morgan fingerprint density at radius 1 is 0.800 bits per heavy atom. The highest BCUT2D eigenvalue weighted by Gasteiger charge is 2.34. The molecule has 0 spiro atoms. The summed E-state index contributed by atoms with van der Waals surface area (Å²) in [5.41, 5.74) is 2.52. The normalized spacial score (nSPS) is 18.7. The maximum atomic E-state index is 13.3. The largest absolute Gasteiger partial charge is 0.497 e. The molecule has 3 nitrogen and oxygen atoms in total. The van der Waals surface area contributed by atoms with Gasteiger partial charge in [-0.2, -0.15) is 0 Å². The molecule has 0 unspecified atom stereocenters. The molecule has 2 saturated carbocycles. The number of ketones is 1. The van der Waals surface area contributed by atoms with Gasteiger partial charge >= 0.3 is 0 Å². The van der Waals surface area contributed by atoms with Gasteiger partial charge in [0.25, 0.3) is 0 Å². The molecule has 2 fully saturated rings. The van der Waals surface area contributed by atoms with Crippen LogP contribution in [0.3, 0.4) is 0 Å². The van der Waals surface area contributed by atoms with Gasteiger partial charge in [0, 0.05) is 12.8 Å². The number of carbonyl (C=O) groups excluding carboxylic acids is 1. The second kappa shape index (κ2) is 9.68. The van der Waals surface area contributed by atoms with Crippen molar-refractivity contribution < 1.29 is 14.3 Å². The van der Waals surface area contributed by atoms with Crippen LogP contribution in [0.25, 0.3) is 0 Å². The zero-order chi connectivity index (χ0) is 20.9. The minimum atomic E-state index is 0.314. The summed E-state index contributed by atoms with van der Waals surface area (Å²) in [4.78, 5) is 13.3. The highest BCUT2D eigenvalue weighted by Crippen LogP contribution is 2.45. The smallest absolute Gasteiger partial charge is 0.134 e. The lowest BCUT2D eigenvalue weighted by atomic mass is 9.68. The van der Waals surface area contributed by atoms with Crippen LogP contribution < -0.4 is 9.47 Å². The van der Waals surface area contributed by atoms with Gasteiger partial charge in [-0.3, -0.25) is 4.79 Å². The van der Waals surface area contributed by atoms with E-state index in [1.807, 2.05) is 12.1 Å². The Labute approximate surface area is 180 Å². The second-order valence-corrected chi connectivity index (χ2v) is 9.10. The summed E-state index contributed by atoms with van der Waals surface area (Å²) in [5, 5.41) is 0. The molecule has 0 N–H and O–H groups in total. The zero-order valence-corrected chi connectivity index (χ0v) is 18.3. The fourth-order valence-electron chi connectivity index (χ4n) is 5.12. The van der Waals surface area contributed by atoms with E-state index >= 15 is 0 Å². The summed E-state index contributed by atoms with van der Waals surface area (Å²) in [5.74, 6) is 4.04. The molecule has 2 aliphatic rings. The molecule has 0 saturated heterocycles. The fraction of sp³-hybridized carbons (Fsp3) is 0.519. The van der Waals surface area contributed by atoms with Crippen molar-refractivity contribution in [2.24, 2.45) is 11.8 Å². The van der Waals surface area contributed by atoms with Crippen molar-refractivity contribution in [1.82, 2.24) is 0 Å². The minimum Gasteiger partial charge on any atom is -0.497 e. The lowest BCUT2D eigenvalue weighted by Gasteiger charge is -2.36. The van der Waals surface area contributed by atoms with Crippen molar-refractivity contribution in [1.29, 1.82) is 0 Å². The third-order valence-electron chi connectivity index (χ3n) is 7.38. The first-order valence-corrected chi connectivity index (χ1v) is 11.5. The molecular formula is C27H34O3. The van der Waals surface area contributed by atoms with Crippen molar-refractivity contribution in [3.63, 3.8) is 0 Å². The third kappa shape index (κ3) is 4.71. The van der Waals surface area contributed by atoms with E-state index in [9.17, 15) is 4.79 Å². The standard InChI is InChI=1S/C27H34O3/c1-29-24-13-5-11-21(15-24)26(19-7-3-8-19)17-23(28)18-27(20-9-4-10-20)22-12-6-14-25(16-22)30-2/h5-6,11-16,19-20,26-27H,3-4,7-10,17-18H2,1-2H3/t26-,27+. The van der Waals surface area contributed by atoms with Gasteiger partial charge in [0.05, 0.1) is 14.2 Å². The molecular weight excluding hydrogens is 372 g/mol. The summed E-state index contributed by atoms with van der Waals surface area (Å²) >= 11 is 0. The van der Waals surface area contributed by atoms with Crippen molar-refractivity contribution in [2.75, 3.05) is 14.2 Å². The first-order valence-electron chi connectivity index (χ1n) is 11.5. The van der Waals surface area contributed by atoms with E-state index in [4.69, 9.17) is 9.47 Å². The van der Waals surface area contributed by atoms with E-state index in [-0.39, 0.29) is 0 Å². The molecule has 2 aromatic carbocycles. The van der Waals surface area contributed by atoms with Gasteiger partial charge in [-0.1, -0.05) is 37.1 Å². The predicted molar refractivity (Wildman–Crippen MR) is 120 cm³/mol. The van der Waals surface area contributed by atoms with Crippen LogP contribution in [-0.2, 0) is 4.79 Å². The van der Waals surface area contributed by atoms with Crippen LogP contribution in [0.1, 0.15) is 74.3 Å². The van der Waals surface area contributed by atoms with Crippen LogP contribution in [0.2, 0.25) is 0 Å². The molecule has 160 valence electrons. The fourth-order valence-corrected chi connectivity index (χ4v) is 5.12. The van der Waals surface area contributed by atoms with E-state index < -0.39 is 0 Å². The van der Waals surface area contributed by atoms with Crippen LogP contribution >= 0.6 is 0 Å². The molecule has 0 amide bonds. The lowest BCUT2D eigenvalue weighted by Crippen LogP contribution is -2.26. The summed E-state index contributed by atoms with van der Waals surface area (Å²) in [6, 6.07) is 16.7. The first-order chi connectivity index (χ1) is 14.7. The van der Waals surface area contributed by atoms with Gasteiger partial charge in [-0.05, 0) is 84.7 Å². The van der Waals surface area contributed by atoms with E-state index in [0.29, 0.717) is 42.3 Å². The van der Waals surface area contributed by atoms with Crippen LogP contribution in [0.5, 0.6) is 11.5 Å². The van der Waals surface area contributed by atoms with Crippen molar-refractivity contribution in [3.8, 4) is 11.5 Å². The number of ether oxygens (including phenoxy) is 2. The van der Waals surface area contributed by atoms with Crippen LogP contribution in [0, 0.1) is 11.8 Å². The molecule has 4 rings (SSSR count). The Kier molecular flexibility index (Phi) is 6.76. The second-order valence-electron chi connectivity index (χ2n) is 9.10. The van der Waals surface area contributed by atoms with Crippen molar-refractivity contribution in [3.05, 3.63) is 59.7 Å². The van der Waals surface area contributed by atoms with Crippen molar-refractivity contribution in [2.45, 2.75) is 63.2 Å². The summed E-state index contributed by atoms with van der Waals surface area (Å²) in [6.07, 6.45) is 8.79. The van der Waals surface area contributed by atoms with Gasteiger partial charge in [-0.25, -0.2) is 0 Å². The number of carbonyl (C=O) groups is 1. The van der Waals surface area contributed by atoms with Gasteiger partial charge < -0.3 is 9.47 Å². The molecule has 0 aromatic heterocycles. The zero-order valence-electron chi connectivity index (χ0n) is 18.3. The molecule has 2 aliphatic carbocycles. The summed E-state index contributed by atoms with van der Waals surface area (Å²) < 4.78 is 10.9. The van der Waals surface area contributed by atoms with Gasteiger partial charge in [0.1, 0.15) is 17.3 Å². The van der Waals surface area contributed by atoms with Gasteiger partial charge in [0.15, 0.2) is 0 Å². The number of rotatable bonds is 10. The molecule has 0 aliphatic heterocycles. The molecule has 0 radical (unpaired) electrons. The van der Waals surface area contributed by atoms with Crippen LogP contribution in [-0.4, -0.2) is 20.0 Å².